The Labute approximate surface area is 189 Å². The number of nitrogens with zero attached hydrogens (tertiary/aromatic N) is 5. The molecular formula is C22H22N6OS2. The first-order valence-electron chi connectivity index (χ1n) is 9.85. The van der Waals surface area contributed by atoms with Crippen LogP contribution in [0.25, 0.3) is 5.69 Å². The van der Waals surface area contributed by atoms with Crippen molar-refractivity contribution in [3.8, 4) is 5.69 Å². The number of carbonyl (C=O) groups excluding carboxylic acids is 1. The van der Waals surface area contributed by atoms with Crippen molar-refractivity contribution in [2.24, 2.45) is 0 Å². The number of aryl methyl sites for hydroxylation is 2. The first-order valence-corrected chi connectivity index (χ1v) is 11.7. The van der Waals surface area contributed by atoms with Gasteiger partial charge in [-0.3, -0.25) is 14.3 Å². The van der Waals surface area contributed by atoms with Gasteiger partial charge in [0.25, 0.3) is 5.91 Å². The highest BCUT2D eigenvalue weighted by Crippen LogP contribution is 2.27. The van der Waals surface area contributed by atoms with Crippen LogP contribution in [0, 0.1) is 13.8 Å². The van der Waals surface area contributed by atoms with Crippen molar-refractivity contribution in [1.29, 1.82) is 0 Å². The minimum absolute atomic E-state index is 0.164. The van der Waals surface area contributed by atoms with Crippen LogP contribution >= 0.6 is 23.1 Å². The highest BCUT2D eigenvalue weighted by molar-refractivity contribution is 7.98. The molecule has 4 rings (SSSR count). The molecule has 0 saturated heterocycles. The molecule has 4 aromatic rings. The van der Waals surface area contributed by atoms with Gasteiger partial charge in [0.2, 0.25) is 0 Å². The number of hydrogen-bond acceptors (Lipinski definition) is 7. The average molecular weight is 451 g/mol. The summed E-state index contributed by atoms with van der Waals surface area (Å²) in [6, 6.07) is 13.9. The Morgan fingerprint density at radius 3 is 2.77 bits per heavy atom. The van der Waals surface area contributed by atoms with E-state index in [0.717, 1.165) is 32.9 Å². The van der Waals surface area contributed by atoms with Gasteiger partial charge in [0, 0.05) is 30.2 Å². The number of carbonyl (C=O) groups is 1. The van der Waals surface area contributed by atoms with Crippen molar-refractivity contribution in [1.82, 2.24) is 30.0 Å². The average Bonchev–Trinajstić information content (AvgIpc) is 3.40. The molecule has 0 aliphatic rings. The second-order valence-corrected chi connectivity index (χ2v) is 8.78. The van der Waals surface area contributed by atoms with E-state index in [1.807, 2.05) is 37.3 Å². The monoisotopic (exact) mass is 450 g/mol. The summed E-state index contributed by atoms with van der Waals surface area (Å²) in [6.45, 7) is 4.54. The summed E-state index contributed by atoms with van der Waals surface area (Å²) in [5.74, 6) is 1.29. The first kappa shape index (κ1) is 21.2. The molecule has 0 unspecified atom stereocenters. The summed E-state index contributed by atoms with van der Waals surface area (Å²) in [7, 11) is 0. The van der Waals surface area contributed by atoms with Crippen LogP contribution < -0.4 is 5.32 Å². The summed E-state index contributed by atoms with van der Waals surface area (Å²) in [5, 5.41) is 15.0. The molecule has 0 aliphatic carbocycles. The van der Waals surface area contributed by atoms with Gasteiger partial charge < -0.3 is 5.32 Å². The molecule has 0 aliphatic heterocycles. The molecule has 1 amide bonds. The molecule has 0 radical (unpaired) electrons. The lowest BCUT2D eigenvalue weighted by Crippen LogP contribution is -2.26. The zero-order valence-corrected chi connectivity index (χ0v) is 18.9. The molecule has 0 atom stereocenters. The van der Waals surface area contributed by atoms with Gasteiger partial charge >= 0.3 is 0 Å². The zero-order chi connectivity index (χ0) is 21.6. The van der Waals surface area contributed by atoms with Crippen LogP contribution in [0.3, 0.4) is 0 Å². The molecule has 3 heterocycles. The fourth-order valence-electron chi connectivity index (χ4n) is 3.08. The minimum atomic E-state index is -0.164. The predicted molar refractivity (Wildman–Crippen MR) is 123 cm³/mol. The van der Waals surface area contributed by atoms with Crippen molar-refractivity contribution in [2.45, 2.75) is 31.2 Å². The number of aromatic nitrogens is 5. The maximum atomic E-state index is 12.4. The van der Waals surface area contributed by atoms with Gasteiger partial charge in [-0.15, -0.1) is 21.5 Å². The molecule has 0 saturated carbocycles. The molecule has 1 N–H and O–H groups in total. The Morgan fingerprint density at radius 2 is 1.97 bits per heavy atom. The molecule has 31 heavy (non-hydrogen) atoms. The third-order valence-electron chi connectivity index (χ3n) is 4.65. The van der Waals surface area contributed by atoms with Gasteiger partial charge in [0.15, 0.2) is 5.16 Å². The van der Waals surface area contributed by atoms with E-state index < -0.39 is 0 Å². The lowest BCUT2D eigenvalue weighted by atomic mass is 10.2. The van der Waals surface area contributed by atoms with E-state index in [0.29, 0.717) is 24.4 Å². The van der Waals surface area contributed by atoms with Gasteiger partial charge in [-0.2, -0.15) is 0 Å². The van der Waals surface area contributed by atoms with Gasteiger partial charge in [-0.25, -0.2) is 4.98 Å². The Bertz CT molecular complexity index is 1170. The van der Waals surface area contributed by atoms with Gasteiger partial charge in [-0.1, -0.05) is 36.0 Å². The highest BCUT2D eigenvalue weighted by Gasteiger charge is 2.15. The van der Waals surface area contributed by atoms with Crippen LogP contribution in [-0.4, -0.2) is 37.2 Å². The smallest absolute Gasteiger partial charge is 0.270 e. The molecule has 3 aromatic heterocycles. The molecule has 158 valence electrons. The van der Waals surface area contributed by atoms with Crippen molar-refractivity contribution in [3.05, 3.63) is 81.8 Å². The lowest BCUT2D eigenvalue weighted by molar-refractivity contribution is 0.0949. The number of hydrogen-bond donors (Lipinski definition) is 1. The van der Waals surface area contributed by atoms with Crippen LogP contribution in [0.15, 0.2) is 59.2 Å². The molecule has 7 nitrogen and oxygen atoms in total. The topological polar surface area (TPSA) is 85.6 Å². The Hall–Kier alpha value is -3.04. The quantitative estimate of drug-likeness (QED) is 0.409. The van der Waals surface area contributed by atoms with Crippen molar-refractivity contribution in [2.75, 3.05) is 6.54 Å². The van der Waals surface area contributed by atoms with Gasteiger partial charge in [0.05, 0.1) is 11.4 Å². The number of nitrogens with one attached hydrogen (secondary N) is 1. The summed E-state index contributed by atoms with van der Waals surface area (Å²) in [5.41, 5.74) is 3.62. The SMILES string of the molecule is Cc1ccccc1-n1c(C)nnc1SCc1nc(C(=O)NCCc2ccccn2)cs1. The lowest BCUT2D eigenvalue weighted by Gasteiger charge is -2.10. The number of para-hydroxylation sites is 1. The summed E-state index contributed by atoms with van der Waals surface area (Å²) in [4.78, 5) is 21.1. The standard InChI is InChI=1S/C22H22N6OS2/c1-15-7-3-4-9-19(15)28-16(2)26-27-22(28)31-14-20-25-18(13-30-20)21(29)24-12-10-17-8-5-6-11-23-17/h3-9,11,13H,10,12,14H2,1-2H3,(H,24,29). The number of thiazole rings is 1. The van der Waals surface area contributed by atoms with Crippen LogP contribution in [-0.2, 0) is 12.2 Å². The summed E-state index contributed by atoms with van der Waals surface area (Å²) in [6.07, 6.45) is 2.44. The molecule has 0 bridgehead atoms. The number of rotatable bonds is 8. The fraction of sp³-hybridized carbons (Fsp3) is 0.227. The summed E-state index contributed by atoms with van der Waals surface area (Å²) < 4.78 is 2.05. The second kappa shape index (κ2) is 9.84. The zero-order valence-electron chi connectivity index (χ0n) is 17.3. The molecule has 9 heteroatoms. The highest BCUT2D eigenvalue weighted by atomic mass is 32.2. The Balaban J connectivity index is 1.36. The maximum absolute atomic E-state index is 12.4. The molecule has 0 fully saturated rings. The van der Waals surface area contributed by atoms with E-state index in [4.69, 9.17) is 0 Å². The maximum Gasteiger partial charge on any atom is 0.270 e. The van der Waals surface area contributed by atoms with E-state index in [1.165, 1.54) is 11.3 Å². The first-order chi connectivity index (χ1) is 15.1. The number of benzene rings is 1. The Kier molecular flexibility index (Phi) is 6.73. The van der Waals surface area contributed by atoms with Gasteiger partial charge in [-0.05, 0) is 37.6 Å². The molecule has 1 aromatic carbocycles. The number of pyridine rings is 1. The van der Waals surface area contributed by atoms with Crippen LogP contribution in [0.4, 0.5) is 0 Å². The van der Waals surface area contributed by atoms with E-state index in [1.54, 1.807) is 23.3 Å². The number of thioether (sulfide) groups is 1. The third kappa shape index (κ3) is 5.18. The fourth-order valence-corrected chi connectivity index (χ4v) is 4.86. The minimum Gasteiger partial charge on any atom is -0.350 e. The third-order valence-corrected chi connectivity index (χ3v) is 6.63. The summed E-state index contributed by atoms with van der Waals surface area (Å²) >= 11 is 3.04. The van der Waals surface area contributed by atoms with E-state index in [2.05, 4.69) is 49.1 Å². The van der Waals surface area contributed by atoms with Crippen LogP contribution in [0.1, 0.15) is 32.6 Å². The molecular weight excluding hydrogens is 428 g/mol. The second-order valence-electron chi connectivity index (χ2n) is 6.89. The predicted octanol–water partition coefficient (Wildman–Crippen LogP) is 4.00. The van der Waals surface area contributed by atoms with Crippen LogP contribution in [0.2, 0.25) is 0 Å². The van der Waals surface area contributed by atoms with Crippen molar-refractivity contribution in [3.63, 3.8) is 0 Å². The van der Waals surface area contributed by atoms with Crippen molar-refractivity contribution < 1.29 is 4.79 Å². The van der Waals surface area contributed by atoms with Gasteiger partial charge in [0.1, 0.15) is 16.5 Å². The van der Waals surface area contributed by atoms with E-state index in [-0.39, 0.29) is 5.91 Å². The van der Waals surface area contributed by atoms with E-state index >= 15 is 0 Å². The Morgan fingerprint density at radius 1 is 1.13 bits per heavy atom. The van der Waals surface area contributed by atoms with E-state index in [9.17, 15) is 4.79 Å². The normalized spacial score (nSPS) is 10.9. The van der Waals surface area contributed by atoms with Crippen molar-refractivity contribution >= 4 is 29.0 Å². The largest absolute Gasteiger partial charge is 0.350 e. The molecule has 0 spiro atoms. The number of amides is 1. The van der Waals surface area contributed by atoms with Crippen LogP contribution in [0.5, 0.6) is 0 Å².